The van der Waals surface area contributed by atoms with E-state index < -0.39 is 0 Å². The minimum absolute atomic E-state index is 0.158. The number of aromatic nitrogens is 4. The summed E-state index contributed by atoms with van der Waals surface area (Å²) in [5.41, 5.74) is 1.69. The predicted octanol–water partition coefficient (Wildman–Crippen LogP) is 1.78. The summed E-state index contributed by atoms with van der Waals surface area (Å²) in [6.07, 6.45) is 0.910. The van der Waals surface area contributed by atoms with Gasteiger partial charge in [-0.15, -0.1) is 5.10 Å². The van der Waals surface area contributed by atoms with E-state index in [1.807, 2.05) is 6.07 Å². The molecule has 17 heavy (non-hydrogen) atoms. The van der Waals surface area contributed by atoms with Crippen molar-refractivity contribution in [1.29, 1.82) is 0 Å². The lowest BCUT2D eigenvalue weighted by Crippen LogP contribution is -2.13. The molecule has 0 radical (unpaired) electrons. The quantitative estimate of drug-likeness (QED) is 0.904. The van der Waals surface area contributed by atoms with Crippen molar-refractivity contribution in [3.63, 3.8) is 0 Å². The van der Waals surface area contributed by atoms with Gasteiger partial charge in [-0.25, -0.2) is 0 Å². The molecule has 1 amide bonds. The molecule has 1 heterocycles. The van der Waals surface area contributed by atoms with Gasteiger partial charge in [-0.3, -0.25) is 10.1 Å². The van der Waals surface area contributed by atoms with Crippen molar-refractivity contribution in [2.24, 2.45) is 0 Å². The first-order chi connectivity index (χ1) is 8.20. The number of halogens is 1. The SMILES string of the molecule is CCc1ccc(C(=O)Nc2nn[nH]n2)cc1Br. The molecule has 2 N–H and O–H groups in total. The van der Waals surface area contributed by atoms with Crippen LogP contribution in [0.5, 0.6) is 0 Å². The Hall–Kier alpha value is -1.76. The van der Waals surface area contributed by atoms with Crippen molar-refractivity contribution in [2.45, 2.75) is 13.3 Å². The Morgan fingerprint density at radius 1 is 1.53 bits per heavy atom. The van der Waals surface area contributed by atoms with Gasteiger partial charge in [-0.2, -0.15) is 5.21 Å². The minimum Gasteiger partial charge on any atom is -0.288 e. The number of hydrogen-bond donors (Lipinski definition) is 2. The van der Waals surface area contributed by atoms with Crippen molar-refractivity contribution >= 4 is 27.8 Å². The normalized spacial score (nSPS) is 10.2. The van der Waals surface area contributed by atoms with Crippen LogP contribution in [0, 0.1) is 0 Å². The summed E-state index contributed by atoms with van der Waals surface area (Å²) >= 11 is 3.42. The average molecular weight is 296 g/mol. The zero-order valence-electron chi connectivity index (χ0n) is 9.07. The molecule has 0 atom stereocenters. The van der Waals surface area contributed by atoms with Crippen LogP contribution in [0.4, 0.5) is 5.95 Å². The first-order valence-electron chi connectivity index (χ1n) is 5.04. The van der Waals surface area contributed by atoms with E-state index in [9.17, 15) is 4.79 Å². The van der Waals surface area contributed by atoms with Gasteiger partial charge >= 0.3 is 0 Å². The second-order valence-corrected chi connectivity index (χ2v) is 4.20. The standard InChI is InChI=1S/C10H10BrN5O/c1-2-6-3-4-7(5-8(6)11)9(17)12-10-13-15-16-14-10/h3-5H,2H2,1H3,(H2,12,13,14,15,16,17). The van der Waals surface area contributed by atoms with Crippen LogP contribution in [0.1, 0.15) is 22.8 Å². The van der Waals surface area contributed by atoms with E-state index >= 15 is 0 Å². The molecular formula is C10H10BrN5O. The first-order valence-corrected chi connectivity index (χ1v) is 5.83. The monoisotopic (exact) mass is 295 g/mol. The Bertz CT molecular complexity index is 525. The van der Waals surface area contributed by atoms with Crippen LogP contribution >= 0.6 is 15.9 Å². The highest BCUT2D eigenvalue weighted by Crippen LogP contribution is 2.19. The molecule has 0 unspecified atom stereocenters. The maximum Gasteiger partial charge on any atom is 0.270 e. The third-order valence-electron chi connectivity index (χ3n) is 2.27. The Labute approximate surface area is 106 Å². The van der Waals surface area contributed by atoms with E-state index in [0.29, 0.717) is 5.56 Å². The summed E-state index contributed by atoms with van der Waals surface area (Å²) < 4.78 is 0.917. The minimum atomic E-state index is -0.269. The third-order valence-corrected chi connectivity index (χ3v) is 3.01. The van der Waals surface area contributed by atoms with Crippen LogP contribution in [0.15, 0.2) is 22.7 Å². The second kappa shape index (κ2) is 5.05. The summed E-state index contributed by atoms with van der Waals surface area (Å²) in [4.78, 5) is 11.8. The topological polar surface area (TPSA) is 83.6 Å². The fraction of sp³-hybridized carbons (Fsp3) is 0.200. The van der Waals surface area contributed by atoms with E-state index in [4.69, 9.17) is 0 Å². The number of benzene rings is 1. The summed E-state index contributed by atoms with van der Waals surface area (Å²) in [6, 6.07) is 5.45. The molecule has 7 heteroatoms. The number of H-pyrrole nitrogens is 1. The van der Waals surface area contributed by atoms with Crippen molar-refractivity contribution in [2.75, 3.05) is 5.32 Å². The summed E-state index contributed by atoms with van der Waals surface area (Å²) in [7, 11) is 0. The molecule has 2 rings (SSSR count). The Morgan fingerprint density at radius 2 is 2.35 bits per heavy atom. The lowest BCUT2D eigenvalue weighted by molar-refractivity contribution is 0.102. The van der Waals surface area contributed by atoms with Crippen LogP contribution in [-0.2, 0) is 6.42 Å². The Morgan fingerprint density at radius 3 is 2.94 bits per heavy atom. The van der Waals surface area contributed by atoms with Crippen molar-refractivity contribution in [3.05, 3.63) is 33.8 Å². The zero-order valence-corrected chi connectivity index (χ0v) is 10.7. The van der Waals surface area contributed by atoms with Crippen LogP contribution in [0.25, 0.3) is 0 Å². The van der Waals surface area contributed by atoms with Crippen LogP contribution in [0.2, 0.25) is 0 Å². The molecule has 0 aliphatic carbocycles. The van der Waals surface area contributed by atoms with E-state index in [1.165, 1.54) is 0 Å². The predicted molar refractivity (Wildman–Crippen MR) is 65.7 cm³/mol. The fourth-order valence-electron chi connectivity index (χ4n) is 1.36. The smallest absolute Gasteiger partial charge is 0.270 e. The number of nitrogens with zero attached hydrogens (tertiary/aromatic N) is 3. The van der Waals surface area contributed by atoms with Gasteiger partial charge in [-0.05, 0) is 29.3 Å². The molecule has 1 aromatic heterocycles. The molecule has 0 saturated carbocycles. The van der Waals surface area contributed by atoms with Crippen molar-refractivity contribution in [1.82, 2.24) is 20.6 Å². The number of aryl methyl sites for hydroxylation is 1. The lowest BCUT2D eigenvalue weighted by atomic mass is 10.1. The molecule has 88 valence electrons. The zero-order chi connectivity index (χ0) is 12.3. The Balaban J connectivity index is 2.17. The summed E-state index contributed by atoms with van der Waals surface area (Å²) in [6.45, 7) is 2.05. The van der Waals surface area contributed by atoms with E-state index in [0.717, 1.165) is 16.5 Å². The van der Waals surface area contributed by atoms with Gasteiger partial charge < -0.3 is 0 Å². The van der Waals surface area contributed by atoms with Crippen LogP contribution < -0.4 is 5.32 Å². The molecular weight excluding hydrogens is 286 g/mol. The number of anilines is 1. The van der Waals surface area contributed by atoms with Gasteiger partial charge in [0.1, 0.15) is 0 Å². The molecule has 0 spiro atoms. The van der Waals surface area contributed by atoms with Crippen LogP contribution in [0.3, 0.4) is 0 Å². The summed E-state index contributed by atoms with van der Waals surface area (Å²) in [5, 5.41) is 15.4. The number of nitrogens with one attached hydrogen (secondary N) is 2. The molecule has 0 bridgehead atoms. The molecule has 0 aliphatic rings. The third kappa shape index (κ3) is 2.68. The van der Waals surface area contributed by atoms with E-state index in [-0.39, 0.29) is 11.9 Å². The molecule has 1 aromatic carbocycles. The second-order valence-electron chi connectivity index (χ2n) is 3.35. The number of carbonyl (C=O) groups excluding carboxylic acids is 1. The fourth-order valence-corrected chi connectivity index (χ4v) is 2.02. The van der Waals surface area contributed by atoms with Gasteiger partial charge in [0.25, 0.3) is 11.9 Å². The summed E-state index contributed by atoms with van der Waals surface area (Å²) in [5.74, 6) is -0.111. The van der Waals surface area contributed by atoms with Crippen LogP contribution in [-0.4, -0.2) is 26.5 Å². The average Bonchev–Trinajstić information content (AvgIpc) is 2.81. The van der Waals surface area contributed by atoms with Crippen molar-refractivity contribution < 1.29 is 4.79 Å². The highest BCUT2D eigenvalue weighted by molar-refractivity contribution is 9.10. The number of hydrogen-bond acceptors (Lipinski definition) is 4. The molecule has 0 fully saturated rings. The van der Waals surface area contributed by atoms with E-state index in [1.54, 1.807) is 12.1 Å². The highest BCUT2D eigenvalue weighted by Gasteiger charge is 2.10. The highest BCUT2D eigenvalue weighted by atomic mass is 79.9. The van der Waals surface area contributed by atoms with E-state index in [2.05, 4.69) is 48.8 Å². The van der Waals surface area contributed by atoms with Gasteiger partial charge in [0, 0.05) is 10.0 Å². The molecule has 2 aromatic rings. The maximum atomic E-state index is 11.8. The number of rotatable bonds is 3. The lowest BCUT2D eigenvalue weighted by Gasteiger charge is -2.04. The molecule has 0 saturated heterocycles. The number of amides is 1. The molecule has 6 nitrogen and oxygen atoms in total. The largest absolute Gasteiger partial charge is 0.288 e. The number of tetrazole rings is 1. The number of aromatic amines is 1. The van der Waals surface area contributed by atoms with Gasteiger partial charge in [0.15, 0.2) is 0 Å². The van der Waals surface area contributed by atoms with Gasteiger partial charge in [-0.1, -0.05) is 34.0 Å². The number of carbonyl (C=O) groups is 1. The molecule has 0 aliphatic heterocycles. The maximum absolute atomic E-state index is 11.8. The van der Waals surface area contributed by atoms with Gasteiger partial charge in [0.05, 0.1) is 0 Å². The first kappa shape index (κ1) is 11.7. The Kier molecular flexibility index (Phi) is 3.48. The van der Waals surface area contributed by atoms with Gasteiger partial charge in [0.2, 0.25) is 0 Å². The van der Waals surface area contributed by atoms with Crippen molar-refractivity contribution in [3.8, 4) is 0 Å².